The molecule has 0 radical (unpaired) electrons. The van der Waals surface area contributed by atoms with Crippen LogP contribution in [0.25, 0.3) is 0 Å². The van der Waals surface area contributed by atoms with Crippen molar-refractivity contribution in [1.29, 1.82) is 0 Å². The normalized spacial score (nSPS) is 25.5. The highest BCUT2D eigenvalue weighted by Crippen LogP contribution is 2.17. The van der Waals surface area contributed by atoms with Gasteiger partial charge in [-0.1, -0.05) is 18.2 Å². The van der Waals surface area contributed by atoms with Crippen molar-refractivity contribution in [1.82, 2.24) is 0 Å². The molecule has 0 saturated carbocycles. The Kier molecular flexibility index (Phi) is 3.52. The number of carbonyl (C=O) groups is 1. The Balaban J connectivity index is 2.13. The fourth-order valence-corrected chi connectivity index (χ4v) is 1.98. The summed E-state index contributed by atoms with van der Waals surface area (Å²) in [6.45, 7) is 5.10. The van der Waals surface area contributed by atoms with Crippen molar-refractivity contribution in [2.45, 2.75) is 26.1 Å². The molecule has 1 aromatic rings. The number of para-hydroxylation sites is 1. The summed E-state index contributed by atoms with van der Waals surface area (Å²) in [5, 5.41) is 0. The van der Waals surface area contributed by atoms with Gasteiger partial charge >= 0.3 is 6.16 Å². The fraction of sp³-hybridized carbons (Fsp3) is 0.462. The molecule has 0 amide bonds. The Morgan fingerprint density at radius 2 is 1.59 bits per heavy atom. The predicted molar refractivity (Wildman–Crippen MR) is 65.1 cm³/mol. The topological polar surface area (TPSA) is 38.8 Å². The fourth-order valence-electron chi connectivity index (χ4n) is 1.98. The number of hydrogen-bond donors (Lipinski definition) is 0. The Labute approximate surface area is 101 Å². The van der Waals surface area contributed by atoms with Crippen LogP contribution >= 0.6 is 0 Å². The van der Waals surface area contributed by atoms with E-state index in [4.69, 9.17) is 9.47 Å². The highest BCUT2D eigenvalue weighted by atomic mass is 16.7. The molecule has 2 atom stereocenters. The first-order chi connectivity index (χ1) is 8.15. The minimum Gasteiger partial charge on any atom is -0.429 e. The van der Waals surface area contributed by atoms with E-state index in [0.717, 1.165) is 5.69 Å². The number of anilines is 1. The number of carbonyl (C=O) groups excluding carboxylic acids is 1. The molecule has 4 nitrogen and oxygen atoms in total. The summed E-state index contributed by atoms with van der Waals surface area (Å²) in [7, 11) is 0. The lowest BCUT2D eigenvalue weighted by Crippen LogP contribution is -2.42. The van der Waals surface area contributed by atoms with Crippen LogP contribution in [0.15, 0.2) is 30.3 Å². The van der Waals surface area contributed by atoms with Crippen LogP contribution in [0.1, 0.15) is 13.8 Å². The Bertz CT molecular complexity index is 364. The van der Waals surface area contributed by atoms with Crippen LogP contribution in [-0.4, -0.2) is 31.5 Å². The van der Waals surface area contributed by atoms with Crippen LogP contribution in [0.4, 0.5) is 10.5 Å². The van der Waals surface area contributed by atoms with Gasteiger partial charge in [-0.3, -0.25) is 0 Å². The number of benzene rings is 1. The molecule has 92 valence electrons. The van der Waals surface area contributed by atoms with E-state index in [1.807, 2.05) is 44.2 Å². The highest BCUT2D eigenvalue weighted by Gasteiger charge is 2.23. The lowest BCUT2D eigenvalue weighted by molar-refractivity contribution is 0.00130. The van der Waals surface area contributed by atoms with Crippen LogP contribution in [0.3, 0.4) is 0 Å². The Morgan fingerprint density at radius 3 is 2.12 bits per heavy atom. The van der Waals surface area contributed by atoms with Crippen molar-refractivity contribution >= 4 is 11.8 Å². The molecular formula is C13H17NO3. The molecule has 1 aliphatic rings. The van der Waals surface area contributed by atoms with Crippen LogP contribution < -0.4 is 4.90 Å². The van der Waals surface area contributed by atoms with E-state index in [1.165, 1.54) is 0 Å². The van der Waals surface area contributed by atoms with Crippen molar-refractivity contribution in [3.8, 4) is 0 Å². The van der Waals surface area contributed by atoms with Crippen molar-refractivity contribution in [2.24, 2.45) is 0 Å². The number of ether oxygens (including phenoxy) is 2. The van der Waals surface area contributed by atoms with E-state index in [1.54, 1.807) is 0 Å². The third-order valence-corrected chi connectivity index (χ3v) is 2.67. The van der Waals surface area contributed by atoms with E-state index in [2.05, 4.69) is 4.90 Å². The lowest BCUT2D eigenvalue weighted by Gasteiger charge is -2.32. The van der Waals surface area contributed by atoms with Gasteiger partial charge < -0.3 is 14.4 Å². The SMILES string of the molecule is CC1CN(c2ccccc2)CC(C)OC(=O)O1. The molecule has 0 spiro atoms. The van der Waals surface area contributed by atoms with Gasteiger partial charge in [-0.05, 0) is 26.0 Å². The van der Waals surface area contributed by atoms with E-state index < -0.39 is 6.16 Å². The third kappa shape index (κ3) is 3.12. The summed E-state index contributed by atoms with van der Waals surface area (Å²) in [5.41, 5.74) is 1.12. The zero-order valence-corrected chi connectivity index (χ0v) is 10.1. The van der Waals surface area contributed by atoms with Gasteiger partial charge in [0.1, 0.15) is 12.2 Å². The molecule has 2 unspecified atom stereocenters. The van der Waals surface area contributed by atoms with Gasteiger partial charge in [-0.15, -0.1) is 0 Å². The van der Waals surface area contributed by atoms with E-state index in [-0.39, 0.29) is 12.2 Å². The molecule has 0 bridgehead atoms. The first-order valence-electron chi connectivity index (χ1n) is 5.82. The monoisotopic (exact) mass is 235 g/mol. The summed E-state index contributed by atoms with van der Waals surface area (Å²) in [4.78, 5) is 13.4. The molecule has 1 fully saturated rings. The number of cyclic esters (lactones) is 2. The smallest absolute Gasteiger partial charge is 0.429 e. The maximum absolute atomic E-state index is 11.2. The first kappa shape index (κ1) is 11.8. The number of hydrogen-bond acceptors (Lipinski definition) is 4. The van der Waals surface area contributed by atoms with Gasteiger partial charge in [-0.2, -0.15) is 0 Å². The van der Waals surface area contributed by atoms with Crippen molar-refractivity contribution in [3.63, 3.8) is 0 Å². The first-order valence-corrected chi connectivity index (χ1v) is 5.82. The molecule has 0 N–H and O–H groups in total. The van der Waals surface area contributed by atoms with Gasteiger partial charge in [0.2, 0.25) is 0 Å². The van der Waals surface area contributed by atoms with E-state index in [9.17, 15) is 4.79 Å². The minimum atomic E-state index is -0.572. The summed E-state index contributed by atoms with van der Waals surface area (Å²) in [6.07, 6.45) is -0.914. The summed E-state index contributed by atoms with van der Waals surface area (Å²) in [6, 6.07) is 10.1. The number of rotatable bonds is 1. The molecule has 4 heteroatoms. The summed E-state index contributed by atoms with van der Waals surface area (Å²) < 4.78 is 10.2. The largest absolute Gasteiger partial charge is 0.508 e. The molecule has 1 heterocycles. The molecule has 1 aromatic carbocycles. The lowest BCUT2D eigenvalue weighted by atomic mass is 10.2. The minimum absolute atomic E-state index is 0.171. The van der Waals surface area contributed by atoms with Gasteiger partial charge in [0.05, 0.1) is 13.1 Å². The van der Waals surface area contributed by atoms with Gasteiger partial charge in [0.25, 0.3) is 0 Å². The third-order valence-electron chi connectivity index (χ3n) is 2.67. The molecule has 17 heavy (non-hydrogen) atoms. The average Bonchev–Trinajstić information content (AvgIpc) is 2.27. The second-order valence-corrected chi connectivity index (χ2v) is 4.35. The Morgan fingerprint density at radius 1 is 1.06 bits per heavy atom. The van der Waals surface area contributed by atoms with Crippen LogP contribution in [-0.2, 0) is 9.47 Å². The highest BCUT2D eigenvalue weighted by molar-refractivity contribution is 5.61. The van der Waals surface area contributed by atoms with E-state index in [0.29, 0.717) is 13.1 Å². The molecule has 0 aliphatic carbocycles. The second kappa shape index (κ2) is 5.08. The average molecular weight is 235 g/mol. The Hall–Kier alpha value is -1.71. The van der Waals surface area contributed by atoms with Crippen LogP contribution in [0.2, 0.25) is 0 Å². The second-order valence-electron chi connectivity index (χ2n) is 4.35. The molecule has 1 saturated heterocycles. The maximum atomic E-state index is 11.2. The zero-order valence-electron chi connectivity index (χ0n) is 10.1. The van der Waals surface area contributed by atoms with Gasteiger partial charge in [0.15, 0.2) is 0 Å². The standard InChI is InChI=1S/C13H17NO3/c1-10-8-14(12-6-4-3-5-7-12)9-11(2)17-13(15)16-10/h3-7,10-11H,8-9H2,1-2H3. The zero-order chi connectivity index (χ0) is 12.3. The quantitative estimate of drug-likeness (QED) is 0.701. The van der Waals surface area contributed by atoms with Gasteiger partial charge in [-0.25, -0.2) is 4.79 Å². The molecule has 2 rings (SSSR count). The summed E-state index contributed by atoms with van der Waals surface area (Å²) >= 11 is 0. The van der Waals surface area contributed by atoms with Crippen molar-refractivity contribution in [2.75, 3.05) is 18.0 Å². The van der Waals surface area contributed by atoms with E-state index >= 15 is 0 Å². The number of nitrogens with zero attached hydrogens (tertiary/aromatic N) is 1. The molecular weight excluding hydrogens is 218 g/mol. The van der Waals surface area contributed by atoms with Crippen molar-refractivity contribution < 1.29 is 14.3 Å². The van der Waals surface area contributed by atoms with Gasteiger partial charge in [0, 0.05) is 5.69 Å². The van der Waals surface area contributed by atoms with Crippen LogP contribution in [0, 0.1) is 0 Å². The van der Waals surface area contributed by atoms with Crippen LogP contribution in [0.5, 0.6) is 0 Å². The molecule has 0 aromatic heterocycles. The predicted octanol–water partition coefficient (Wildman–Crippen LogP) is 2.44. The summed E-state index contributed by atoms with van der Waals surface area (Å²) in [5.74, 6) is 0. The van der Waals surface area contributed by atoms with Crippen molar-refractivity contribution in [3.05, 3.63) is 30.3 Å². The maximum Gasteiger partial charge on any atom is 0.508 e. The molecule has 1 aliphatic heterocycles.